The maximum atomic E-state index is 11.3. The zero-order valence-electron chi connectivity index (χ0n) is 11.1. The molecule has 0 radical (unpaired) electrons. The lowest BCUT2D eigenvalue weighted by atomic mass is 10.1. The normalized spacial score (nSPS) is 10.2. The molecule has 0 bridgehead atoms. The van der Waals surface area contributed by atoms with E-state index >= 15 is 0 Å². The number of carboxylic acid groups (broad SMARTS) is 1. The number of carbonyl (C=O) groups excluding carboxylic acids is 1. The van der Waals surface area contributed by atoms with Gasteiger partial charge in [-0.05, 0) is 17.7 Å². The first-order chi connectivity index (χ1) is 10.1. The SMILES string of the molecule is CNc1cccc(-c2sc(C(=O)O)c(OCC=O)c2Cl)c1. The molecule has 2 rings (SSSR count). The van der Waals surface area contributed by atoms with Gasteiger partial charge in [0, 0.05) is 12.7 Å². The van der Waals surface area contributed by atoms with Crippen molar-refractivity contribution < 1.29 is 19.4 Å². The molecule has 110 valence electrons. The van der Waals surface area contributed by atoms with E-state index in [1.165, 1.54) is 0 Å². The number of anilines is 1. The number of carbonyl (C=O) groups is 2. The predicted octanol–water partition coefficient (Wildman–Crippen LogP) is 3.39. The van der Waals surface area contributed by atoms with Crippen LogP contribution in [-0.2, 0) is 4.79 Å². The van der Waals surface area contributed by atoms with Crippen LogP contribution in [-0.4, -0.2) is 31.0 Å². The average Bonchev–Trinajstić information content (AvgIpc) is 2.82. The molecule has 0 saturated carbocycles. The first kappa shape index (κ1) is 15.3. The van der Waals surface area contributed by atoms with Crippen molar-refractivity contribution in [1.29, 1.82) is 0 Å². The van der Waals surface area contributed by atoms with Crippen molar-refractivity contribution in [1.82, 2.24) is 0 Å². The van der Waals surface area contributed by atoms with Crippen molar-refractivity contribution in [3.63, 3.8) is 0 Å². The molecule has 0 unspecified atom stereocenters. The predicted molar refractivity (Wildman–Crippen MR) is 82.8 cm³/mol. The molecule has 1 aromatic carbocycles. The second kappa shape index (κ2) is 6.60. The fourth-order valence-corrected chi connectivity index (χ4v) is 3.19. The van der Waals surface area contributed by atoms with Gasteiger partial charge in [-0.25, -0.2) is 4.79 Å². The fourth-order valence-electron chi connectivity index (χ4n) is 1.78. The summed E-state index contributed by atoms with van der Waals surface area (Å²) < 4.78 is 5.15. The lowest BCUT2D eigenvalue weighted by molar-refractivity contribution is -0.109. The van der Waals surface area contributed by atoms with Crippen LogP contribution in [0.2, 0.25) is 5.02 Å². The van der Waals surface area contributed by atoms with Crippen LogP contribution in [0, 0.1) is 0 Å². The molecule has 2 aromatic rings. The average molecular weight is 326 g/mol. The lowest BCUT2D eigenvalue weighted by Crippen LogP contribution is -2.02. The minimum Gasteiger partial charge on any atom is -0.483 e. The zero-order chi connectivity index (χ0) is 15.4. The molecule has 5 nitrogen and oxygen atoms in total. The molecule has 1 aromatic heterocycles. The topological polar surface area (TPSA) is 75.6 Å². The highest BCUT2D eigenvalue weighted by atomic mass is 35.5. The first-order valence-electron chi connectivity index (χ1n) is 5.98. The summed E-state index contributed by atoms with van der Waals surface area (Å²) >= 11 is 7.24. The van der Waals surface area contributed by atoms with E-state index in [4.69, 9.17) is 16.3 Å². The number of aromatic carboxylic acids is 1. The van der Waals surface area contributed by atoms with Crippen molar-refractivity contribution in [3.8, 4) is 16.2 Å². The Bertz CT molecular complexity index is 684. The van der Waals surface area contributed by atoms with E-state index in [9.17, 15) is 14.7 Å². The number of carboxylic acids is 1. The molecule has 0 aliphatic carbocycles. The molecule has 0 saturated heterocycles. The summed E-state index contributed by atoms with van der Waals surface area (Å²) in [5, 5.41) is 12.4. The summed E-state index contributed by atoms with van der Waals surface area (Å²) in [7, 11) is 1.79. The molecule has 21 heavy (non-hydrogen) atoms. The summed E-state index contributed by atoms with van der Waals surface area (Å²) in [5.41, 5.74) is 1.66. The van der Waals surface area contributed by atoms with E-state index in [1.54, 1.807) is 7.05 Å². The number of hydrogen-bond acceptors (Lipinski definition) is 5. The Morgan fingerprint density at radius 2 is 2.29 bits per heavy atom. The number of thiophene rings is 1. The Morgan fingerprint density at radius 3 is 2.90 bits per heavy atom. The number of aldehydes is 1. The van der Waals surface area contributed by atoms with Gasteiger partial charge >= 0.3 is 5.97 Å². The number of hydrogen-bond donors (Lipinski definition) is 2. The highest BCUT2D eigenvalue weighted by molar-refractivity contribution is 7.18. The van der Waals surface area contributed by atoms with Gasteiger partial charge in [0.1, 0.15) is 11.6 Å². The zero-order valence-corrected chi connectivity index (χ0v) is 12.6. The third-order valence-electron chi connectivity index (χ3n) is 2.71. The van der Waals surface area contributed by atoms with E-state index in [0.29, 0.717) is 11.2 Å². The molecule has 0 atom stereocenters. The standard InChI is InChI=1S/C14H12ClNO4S/c1-16-9-4-2-3-8(7-9)12-10(15)11(20-6-5-17)13(21-12)14(18)19/h2-5,7,16H,6H2,1H3,(H,18,19). The van der Waals surface area contributed by atoms with Crippen LogP contribution in [0.25, 0.3) is 10.4 Å². The second-order valence-corrected chi connectivity index (χ2v) is 5.42. The van der Waals surface area contributed by atoms with Crippen LogP contribution >= 0.6 is 22.9 Å². The summed E-state index contributed by atoms with van der Waals surface area (Å²) in [6.07, 6.45) is 0.543. The Morgan fingerprint density at radius 1 is 1.52 bits per heavy atom. The van der Waals surface area contributed by atoms with Crippen molar-refractivity contribution in [3.05, 3.63) is 34.2 Å². The molecule has 0 fully saturated rings. The van der Waals surface area contributed by atoms with E-state index in [-0.39, 0.29) is 22.3 Å². The van der Waals surface area contributed by atoms with Gasteiger partial charge < -0.3 is 15.2 Å². The number of nitrogens with one attached hydrogen (secondary N) is 1. The molecule has 7 heteroatoms. The Kier molecular flexibility index (Phi) is 4.82. The molecular formula is C14H12ClNO4S. The summed E-state index contributed by atoms with van der Waals surface area (Å²) in [6, 6.07) is 7.40. The molecule has 0 spiro atoms. The number of ether oxygens (including phenoxy) is 1. The molecule has 0 amide bonds. The van der Waals surface area contributed by atoms with Gasteiger partial charge in [0.2, 0.25) is 0 Å². The highest BCUT2D eigenvalue weighted by Crippen LogP contribution is 2.45. The molecule has 0 aliphatic rings. The van der Waals surface area contributed by atoms with E-state index < -0.39 is 5.97 Å². The minimum absolute atomic E-state index is 0.0216. The summed E-state index contributed by atoms with van der Waals surface area (Å²) in [4.78, 5) is 22.3. The van der Waals surface area contributed by atoms with Crippen molar-refractivity contribution in [2.45, 2.75) is 0 Å². The highest BCUT2D eigenvalue weighted by Gasteiger charge is 2.24. The van der Waals surface area contributed by atoms with E-state index in [2.05, 4.69) is 5.32 Å². The third kappa shape index (κ3) is 3.17. The van der Waals surface area contributed by atoms with Gasteiger partial charge in [0.25, 0.3) is 0 Å². The lowest BCUT2D eigenvalue weighted by Gasteiger charge is -2.04. The monoisotopic (exact) mass is 325 g/mol. The van der Waals surface area contributed by atoms with Crippen molar-refractivity contribution in [2.24, 2.45) is 0 Å². The maximum absolute atomic E-state index is 11.3. The summed E-state index contributed by atoms with van der Waals surface area (Å²) in [6.45, 7) is -0.243. The molecule has 0 aliphatic heterocycles. The Hall–Kier alpha value is -2.05. The molecule has 1 heterocycles. The number of rotatable bonds is 6. The van der Waals surface area contributed by atoms with Crippen LogP contribution in [0.15, 0.2) is 24.3 Å². The molecule has 2 N–H and O–H groups in total. The van der Waals surface area contributed by atoms with Crippen LogP contribution in [0.3, 0.4) is 0 Å². The quantitative estimate of drug-likeness (QED) is 0.796. The van der Waals surface area contributed by atoms with Crippen LogP contribution in [0.1, 0.15) is 9.67 Å². The minimum atomic E-state index is -1.14. The third-order valence-corrected chi connectivity index (χ3v) is 4.39. The Balaban J connectivity index is 2.53. The first-order valence-corrected chi connectivity index (χ1v) is 7.18. The van der Waals surface area contributed by atoms with E-state index in [1.807, 2.05) is 24.3 Å². The smallest absolute Gasteiger partial charge is 0.349 e. The second-order valence-electron chi connectivity index (χ2n) is 4.02. The van der Waals surface area contributed by atoms with Crippen LogP contribution in [0.5, 0.6) is 5.75 Å². The van der Waals surface area contributed by atoms with Gasteiger partial charge in [-0.1, -0.05) is 23.7 Å². The van der Waals surface area contributed by atoms with Crippen molar-refractivity contribution in [2.75, 3.05) is 19.0 Å². The largest absolute Gasteiger partial charge is 0.483 e. The summed E-state index contributed by atoms with van der Waals surface area (Å²) in [5.74, 6) is -1.11. The van der Waals surface area contributed by atoms with Crippen molar-refractivity contribution >= 4 is 40.9 Å². The Labute approximate surface area is 130 Å². The van der Waals surface area contributed by atoms with Gasteiger partial charge in [-0.3, -0.25) is 4.79 Å². The van der Waals surface area contributed by atoms with Crippen LogP contribution in [0.4, 0.5) is 5.69 Å². The maximum Gasteiger partial charge on any atom is 0.349 e. The number of benzene rings is 1. The van der Waals surface area contributed by atoms with E-state index in [0.717, 1.165) is 22.6 Å². The van der Waals surface area contributed by atoms with Gasteiger partial charge in [0.05, 0.1) is 4.88 Å². The number of halogens is 1. The van der Waals surface area contributed by atoms with Gasteiger partial charge in [-0.2, -0.15) is 0 Å². The molecular weight excluding hydrogens is 314 g/mol. The van der Waals surface area contributed by atoms with Crippen LogP contribution < -0.4 is 10.1 Å². The fraction of sp³-hybridized carbons (Fsp3) is 0.143. The van der Waals surface area contributed by atoms with Gasteiger partial charge in [-0.15, -0.1) is 11.3 Å². The van der Waals surface area contributed by atoms with Gasteiger partial charge in [0.15, 0.2) is 16.9 Å².